The summed E-state index contributed by atoms with van der Waals surface area (Å²) in [5, 5.41) is 9.77. The summed E-state index contributed by atoms with van der Waals surface area (Å²) < 4.78 is 49.5. The van der Waals surface area contributed by atoms with E-state index in [1.807, 2.05) is 30.3 Å². The Hall–Kier alpha value is -5.21. The first-order valence-corrected chi connectivity index (χ1v) is 17.1. The summed E-state index contributed by atoms with van der Waals surface area (Å²) in [4.78, 5) is 46.2. The molecule has 2 aliphatic rings. The van der Waals surface area contributed by atoms with Gasteiger partial charge in [-0.15, -0.1) is 0 Å². The number of amides is 1. The normalized spacial score (nSPS) is 17.0. The number of ether oxygens (including phenoxy) is 1. The summed E-state index contributed by atoms with van der Waals surface area (Å²) in [5.41, 5.74) is 2.71. The molecule has 0 radical (unpaired) electrons. The van der Waals surface area contributed by atoms with Crippen LogP contribution in [0, 0.1) is 6.92 Å². The lowest BCUT2D eigenvalue weighted by molar-refractivity contribution is -0.141. The van der Waals surface area contributed by atoms with Gasteiger partial charge in [0.15, 0.2) is 0 Å². The average Bonchev–Trinajstić information content (AvgIpc) is 3.74. The van der Waals surface area contributed by atoms with Gasteiger partial charge in [0, 0.05) is 61.5 Å². The van der Waals surface area contributed by atoms with Crippen molar-refractivity contribution in [3.8, 4) is 28.3 Å². The average molecular weight is 734 g/mol. The molecule has 3 N–H and O–H groups in total. The number of nitrogens with zero attached hydrogens (tertiary/aromatic N) is 4. The molecule has 2 atom stereocenters. The number of methoxy groups -OCH3 is 1. The predicted molar refractivity (Wildman–Crippen MR) is 192 cm³/mol. The molecule has 1 aliphatic carbocycles. The Balaban J connectivity index is 1.25. The number of aryl methyl sites for hydroxylation is 2. The van der Waals surface area contributed by atoms with Gasteiger partial charge in [0.2, 0.25) is 11.8 Å². The zero-order valence-electron chi connectivity index (χ0n) is 28.7. The molecule has 5 aromatic rings. The number of carbonyl (C=O) groups excluding carboxylic acids is 1. The van der Waals surface area contributed by atoms with E-state index in [0.29, 0.717) is 63.6 Å². The molecule has 0 saturated carbocycles. The first-order valence-electron chi connectivity index (χ1n) is 16.7. The lowest BCUT2D eigenvalue weighted by Gasteiger charge is -2.20. The number of rotatable bonds is 8. The second-order valence-corrected chi connectivity index (χ2v) is 13.5. The Labute approximate surface area is 300 Å². The van der Waals surface area contributed by atoms with Gasteiger partial charge in [-0.2, -0.15) is 13.2 Å². The highest BCUT2D eigenvalue weighted by molar-refractivity contribution is 6.36. The number of alkyl halides is 3. The number of hydrogen-bond acceptors (Lipinski definition) is 8. The largest absolute Gasteiger partial charge is 0.481 e. The third-order valence-electron chi connectivity index (χ3n) is 9.94. The Morgan fingerprint density at radius 2 is 1.71 bits per heavy atom. The van der Waals surface area contributed by atoms with Gasteiger partial charge in [-0.25, -0.2) is 14.8 Å². The molecule has 0 bridgehead atoms. The van der Waals surface area contributed by atoms with E-state index in [1.54, 1.807) is 26.2 Å². The number of carbonyl (C=O) groups is 1. The molecule has 15 heteroatoms. The van der Waals surface area contributed by atoms with Crippen molar-refractivity contribution in [1.29, 1.82) is 0 Å². The van der Waals surface area contributed by atoms with Crippen molar-refractivity contribution in [2.24, 2.45) is 14.1 Å². The smallest absolute Gasteiger partial charge is 0.433 e. The molecule has 270 valence electrons. The lowest BCUT2D eigenvalue weighted by atomic mass is 9.96. The van der Waals surface area contributed by atoms with Crippen LogP contribution < -0.4 is 31.9 Å². The number of halogens is 4. The monoisotopic (exact) mass is 733 g/mol. The van der Waals surface area contributed by atoms with Crippen LogP contribution >= 0.6 is 11.6 Å². The second-order valence-electron chi connectivity index (χ2n) is 13.1. The SMILES string of the molecule is COc1nc(-c2cccc(-c3cccc(Nc4nc(C(F)(F)F)cc5c4c(=O)n(C)c(=O)n5C)c3C)c2Cl)cc2c1C(NCC1CCC(=O)N1)CC2. The summed E-state index contributed by atoms with van der Waals surface area (Å²) in [5.74, 6) is 0.227. The molecular formula is C37H35ClF3N7O4. The number of nitrogens with one attached hydrogen (secondary N) is 3. The molecule has 11 nitrogen and oxygen atoms in total. The minimum atomic E-state index is -4.84. The highest BCUT2D eigenvalue weighted by Crippen LogP contribution is 2.43. The van der Waals surface area contributed by atoms with Gasteiger partial charge in [-0.1, -0.05) is 41.9 Å². The van der Waals surface area contributed by atoms with Crippen LogP contribution in [0.2, 0.25) is 5.02 Å². The summed E-state index contributed by atoms with van der Waals surface area (Å²) in [6, 6.07) is 13.6. The summed E-state index contributed by atoms with van der Waals surface area (Å²) in [6.07, 6.45) is -1.85. The molecule has 2 aromatic carbocycles. The van der Waals surface area contributed by atoms with Crippen LogP contribution in [0.5, 0.6) is 5.88 Å². The van der Waals surface area contributed by atoms with Gasteiger partial charge < -0.3 is 20.7 Å². The van der Waals surface area contributed by atoms with Crippen LogP contribution in [-0.4, -0.2) is 44.7 Å². The van der Waals surface area contributed by atoms with Crippen LogP contribution in [0.3, 0.4) is 0 Å². The van der Waals surface area contributed by atoms with Crippen LogP contribution in [0.1, 0.15) is 47.7 Å². The highest BCUT2D eigenvalue weighted by atomic mass is 35.5. The zero-order valence-corrected chi connectivity index (χ0v) is 29.5. The van der Waals surface area contributed by atoms with Crippen molar-refractivity contribution in [3.05, 3.63) is 96.8 Å². The van der Waals surface area contributed by atoms with Gasteiger partial charge in [-0.05, 0) is 61.1 Å². The molecular weight excluding hydrogens is 699 g/mol. The Bertz CT molecular complexity index is 2390. The Morgan fingerprint density at radius 3 is 2.42 bits per heavy atom. The molecule has 4 heterocycles. The first kappa shape index (κ1) is 35.2. The lowest BCUT2D eigenvalue weighted by Crippen LogP contribution is -2.37. The van der Waals surface area contributed by atoms with Crippen molar-refractivity contribution in [2.75, 3.05) is 19.0 Å². The molecule has 0 spiro atoms. The fourth-order valence-corrected chi connectivity index (χ4v) is 7.50. The van der Waals surface area contributed by atoms with Crippen LogP contribution in [0.4, 0.5) is 24.7 Å². The maximum atomic E-state index is 14.0. The number of benzene rings is 2. The number of aromatic nitrogens is 4. The van der Waals surface area contributed by atoms with E-state index in [0.717, 1.165) is 39.5 Å². The van der Waals surface area contributed by atoms with Crippen molar-refractivity contribution in [1.82, 2.24) is 29.7 Å². The van der Waals surface area contributed by atoms with Crippen molar-refractivity contribution in [2.45, 2.75) is 50.9 Å². The quantitative estimate of drug-likeness (QED) is 0.178. The first-order chi connectivity index (χ1) is 24.8. The van der Waals surface area contributed by atoms with Gasteiger partial charge in [-0.3, -0.25) is 18.7 Å². The van der Waals surface area contributed by atoms with Crippen molar-refractivity contribution < 1.29 is 22.7 Å². The maximum Gasteiger partial charge on any atom is 0.433 e. The van der Waals surface area contributed by atoms with Crippen molar-refractivity contribution >= 4 is 39.9 Å². The molecule has 52 heavy (non-hydrogen) atoms. The Morgan fingerprint density at radius 1 is 0.981 bits per heavy atom. The number of pyridine rings is 2. The van der Waals surface area contributed by atoms with E-state index in [9.17, 15) is 27.6 Å². The van der Waals surface area contributed by atoms with Gasteiger partial charge in [0.1, 0.15) is 16.9 Å². The molecule has 2 unspecified atom stereocenters. The topological polar surface area (TPSA) is 132 Å². The predicted octanol–water partition coefficient (Wildman–Crippen LogP) is 5.95. The maximum absolute atomic E-state index is 14.0. The van der Waals surface area contributed by atoms with E-state index < -0.39 is 23.1 Å². The second kappa shape index (κ2) is 13.4. The molecule has 7 rings (SSSR count). The Kier molecular flexibility index (Phi) is 9.07. The third kappa shape index (κ3) is 6.19. The van der Waals surface area contributed by atoms with Crippen LogP contribution in [0.15, 0.2) is 58.1 Å². The van der Waals surface area contributed by atoms with E-state index in [-0.39, 0.29) is 34.7 Å². The fourth-order valence-electron chi connectivity index (χ4n) is 7.17. The molecule has 3 aromatic heterocycles. The molecule has 1 aliphatic heterocycles. The fraction of sp³-hybridized carbons (Fsp3) is 0.324. The van der Waals surface area contributed by atoms with Crippen LogP contribution in [0.25, 0.3) is 33.3 Å². The molecule has 1 amide bonds. The van der Waals surface area contributed by atoms with E-state index in [4.69, 9.17) is 21.3 Å². The molecule has 1 fully saturated rings. The highest BCUT2D eigenvalue weighted by Gasteiger charge is 2.35. The third-order valence-corrected chi connectivity index (χ3v) is 10.4. The number of hydrogen-bond donors (Lipinski definition) is 3. The van der Waals surface area contributed by atoms with Gasteiger partial charge in [0.25, 0.3) is 5.56 Å². The van der Waals surface area contributed by atoms with Crippen LogP contribution in [-0.2, 0) is 31.5 Å². The summed E-state index contributed by atoms with van der Waals surface area (Å²) in [6.45, 7) is 2.43. The zero-order chi connectivity index (χ0) is 37.1. The number of fused-ring (bicyclic) bond motifs is 2. The number of anilines is 2. The van der Waals surface area contributed by atoms with Gasteiger partial charge in [0.05, 0.1) is 23.3 Å². The minimum Gasteiger partial charge on any atom is -0.481 e. The summed E-state index contributed by atoms with van der Waals surface area (Å²) >= 11 is 7.13. The van der Waals surface area contributed by atoms with E-state index >= 15 is 0 Å². The minimum absolute atomic E-state index is 0.0252. The standard InChI is InChI=1S/C37H35ClF3N7O4/c1-18-21(7-6-10-24(18)44-33-31-27(16-28(46-33)37(39,40)41)47(2)36(51)48(3)35(31)50)22-8-5-9-23(32(22)38)26-15-19-11-13-25(30(19)34(45-26)52-4)42-17-20-12-14-29(49)43-20/h5-10,15-16,20,25,42H,11-14,17H2,1-4H3,(H,43,49)(H,44,46). The van der Waals surface area contributed by atoms with Crippen molar-refractivity contribution in [3.63, 3.8) is 0 Å². The summed E-state index contributed by atoms with van der Waals surface area (Å²) in [7, 11) is 4.14. The van der Waals surface area contributed by atoms with E-state index in [1.165, 1.54) is 14.1 Å². The molecule has 1 saturated heterocycles. The van der Waals surface area contributed by atoms with E-state index in [2.05, 4.69) is 20.9 Å². The van der Waals surface area contributed by atoms with Gasteiger partial charge >= 0.3 is 11.9 Å².